The van der Waals surface area contributed by atoms with Crippen molar-refractivity contribution in [1.82, 2.24) is 19.2 Å². The molecule has 0 aliphatic carbocycles. The second-order valence-corrected chi connectivity index (χ2v) is 5.54. The van der Waals surface area contributed by atoms with E-state index in [2.05, 4.69) is 75.6 Å². The molecule has 0 aromatic heterocycles. The predicted molar refractivity (Wildman–Crippen MR) is 96.8 cm³/mol. The number of hydrogen-bond acceptors (Lipinski definition) is 4. The third-order valence-corrected chi connectivity index (χ3v) is 2.77. The number of nitrogens with zero attached hydrogens (tertiary/aromatic N) is 4. The highest BCUT2D eigenvalue weighted by atomic mass is 19.4. The summed E-state index contributed by atoms with van der Waals surface area (Å²) in [5, 5.41) is 0. The summed E-state index contributed by atoms with van der Waals surface area (Å²) in [5.41, 5.74) is 0. The van der Waals surface area contributed by atoms with E-state index >= 15 is 0 Å². The molecule has 0 saturated heterocycles. The lowest BCUT2D eigenvalue weighted by Crippen LogP contribution is -2.77. The van der Waals surface area contributed by atoms with Crippen LogP contribution in [0.25, 0.3) is 0 Å². The maximum Gasteiger partial charge on any atom is 0.762 e. The van der Waals surface area contributed by atoms with E-state index in [1.54, 1.807) is 0 Å². The molecule has 0 atom stereocenters. The van der Waals surface area contributed by atoms with E-state index in [4.69, 9.17) is 0 Å². The van der Waals surface area contributed by atoms with E-state index in [0.29, 0.717) is 0 Å². The molecule has 0 heterocycles. The molecule has 4 nitrogen and oxygen atoms in total. The van der Waals surface area contributed by atoms with Crippen LogP contribution in [0.5, 0.6) is 0 Å². The van der Waals surface area contributed by atoms with Crippen molar-refractivity contribution in [3.63, 3.8) is 0 Å². The Morgan fingerprint density at radius 3 is 0.414 bits per heavy atom. The largest absolute Gasteiger partial charge is 0.762 e. The number of rotatable bonds is 4. The van der Waals surface area contributed by atoms with E-state index in [0.717, 1.165) is 0 Å². The Labute approximate surface area is 165 Å². The van der Waals surface area contributed by atoms with Gasteiger partial charge in [0.2, 0.25) is 0 Å². The first-order chi connectivity index (χ1) is 12.7. The van der Waals surface area contributed by atoms with Crippen LogP contribution < -0.4 is 0 Å². The van der Waals surface area contributed by atoms with E-state index in [1.807, 2.05) is 0 Å². The Morgan fingerprint density at radius 2 is 0.414 bits per heavy atom. The first-order valence-corrected chi connectivity index (χ1v) is 7.23. The van der Waals surface area contributed by atoms with E-state index in [-0.39, 0.29) is 0 Å². The zero-order valence-corrected chi connectivity index (χ0v) is 17.2. The van der Waals surface area contributed by atoms with Gasteiger partial charge in [-0.15, -0.1) is 0 Å². The Balaban J connectivity index is -0.0000000984. The van der Waals surface area contributed by atoms with Crippen molar-refractivity contribution in [1.29, 1.82) is 0 Å². The predicted octanol–water partition coefficient (Wildman–Crippen LogP) is 3.19. The highest BCUT2D eigenvalue weighted by Crippen LogP contribution is 2.14. The molecule has 0 fully saturated rings. The molecule has 0 rings (SSSR count). The molecule has 0 saturated carbocycles. The van der Waals surface area contributed by atoms with Gasteiger partial charge >= 0.3 is 30.2 Å². The van der Waals surface area contributed by atoms with E-state index in [9.17, 15) is 51.8 Å². The standard InChI is InChI=1S/C8H24BN4.4BF3/c1-10(2)9(11(3)4,12(5)6)13(7)8;4*2-1(3)4/h1-8H3;;;;/q-1;;;;. The molecule has 0 spiro atoms. The minimum Gasteiger partial charge on any atom is -0.439 e. The molecule has 0 aliphatic heterocycles. The Kier molecular flexibility index (Phi) is 29.5. The topological polar surface area (TPSA) is 13.0 Å². The van der Waals surface area contributed by atoms with Gasteiger partial charge in [-0.2, -0.15) is 0 Å². The lowest BCUT2D eigenvalue weighted by Gasteiger charge is -2.61. The first-order valence-electron chi connectivity index (χ1n) is 7.23. The molecule has 0 N–H and O–H groups in total. The van der Waals surface area contributed by atoms with Crippen LogP contribution in [0.15, 0.2) is 0 Å². The molecule has 176 valence electrons. The maximum atomic E-state index is 9.67. The monoisotopic (exact) mass is 459 g/mol. The SMILES string of the molecule is CN(C)[B-](N(C)C)(N(C)C)N(C)C.FB(F)F.FB(F)F.FB(F)F.FB(F)F. The second-order valence-electron chi connectivity index (χ2n) is 5.54. The summed E-state index contributed by atoms with van der Waals surface area (Å²) < 4.78 is 116. The van der Waals surface area contributed by atoms with Gasteiger partial charge in [0.05, 0.1) is 0 Å². The Morgan fingerprint density at radius 1 is 0.345 bits per heavy atom. The van der Waals surface area contributed by atoms with Crippen molar-refractivity contribution >= 4 is 36.9 Å². The van der Waals surface area contributed by atoms with Crippen molar-refractivity contribution in [2.45, 2.75) is 0 Å². The summed E-state index contributed by atoms with van der Waals surface area (Å²) >= 11 is 0. The van der Waals surface area contributed by atoms with Crippen LogP contribution in [0.3, 0.4) is 0 Å². The Bertz CT molecular complexity index is 258. The molecular formula is C8H24B5F12N4-. The second kappa shape index (κ2) is 22.0. The van der Waals surface area contributed by atoms with Crippen LogP contribution in [-0.2, 0) is 0 Å². The molecule has 0 amide bonds. The normalized spacial score (nSPS) is 9.93. The fourth-order valence-corrected chi connectivity index (χ4v) is 2.77. The zero-order valence-electron chi connectivity index (χ0n) is 17.2. The van der Waals surface area contributed by atoms with Crippen LogP contribution >= 0.6 is 0 Å². The van der Waals surface area contributed by atoms with Crippen LogP contribution in [0.4, 0.5) is 51.8 Å². The molecule has 29 heavy (non-hydrogen) atoms. The molecule has 0 unspecified atom stereocenters. The van der Waals surface area contributed by atoms with Crippen LogP contribution in [-0.4, -0.2) is 112 Å². The summed E-state index contributed by atoms with van der Waals surface area (Å²) in [6, 6.07) is 0. The zero-order chi connectivity index (χ0) is 25.1. The van der Waals surface area contributed by atoms with Crippen LogP contribution in [0.1, 0.15) is 0 Å². The third kappa shape index (κ3) is 32.2. The molecule has 0 radical (unpaired) electrons. The fourth-order valence-electron chi connectivity index (χ4n) is 2.77. The quantitative estimate of drug-likeness (QED) is 0.474. The van der Waals surface area contributed by atoms with Gasteiger partial charge in [-0.25, -0.2) is 0 Å². The smallest absolute Gasteiger partial charge is 0.439 e. The molecule has 0 bridgehead atoms. The number of halogens is 12. The third-order valence-electron chi connectivity index (χ3n) is 2.77. The minimum absolute atomic E-state index is 0.889. The summed E-state index contributed by atoms with van der Waals surface area (Å²) in [6.07, 6.45) is 0. The molecule has 0 aromatic carbocycles. The maximum absolute atomic E-state index is 9.67. The van der Waals surface area contributed by atoms with Crippen molar-refractivity contribution in [3.05, 3.63) is 0 Å². The first kappa shape index (κ1) is 38.9. The highest BCUT2D eigenvalue weighted by molar-refractivity contribution is 6.68. The van der Waals surface area contributed by atoms with Gasteiger partial charge < -0.3 is 19.2 Å². The molecule has 0 aromatic rings. The van der Waals surface area contributed by atoms with Crippen LogP contribution in [0.2, 0.25) is 0 Å². The van der Waals surface area contributed by atoms with Gasteiger partial charge in [-0.3, -0.25) is 51.8 Å². The molecule has 21 heteroatoms. The van der Waals surface area contributed by atoms with Gasteiger partial charge in [0.25, 0.3) is 6.69 Å². The van der Waals surface area contributed by atoms with Gasteiger partial charge in [0, 0.05) is 0 Å². The van der Waals surface area contributed by atoms with Gasteiger partial charge in [0.15, 0.2) is 0 Å². The van der Waals surface area contributed by atoms with Crippen molar-refractivity contribution in [2.75, 3.05) is 56.4 Å². The minimum atomic E-state index is -3.67. The van der Waals surface area contributed by atoms with Crippen molar-refractivity contribution in [2.24, 2.45) is 0 Å². The lowest BCUT2D eigenvalue weighted by atomic mass is 9.67. The van der Waals surface area contributed by atoms with Gasteiger partial charge in [-0.05, 0) is 56.4 Å². The van der Waals surface area contributed by atoms with E-state index < -0.39 is 36.9 Å². The molecular weight excluding hydrogens is 434 g/mol. The lowest BCUT2D eigenvalue weighted by molar-refractivity contribution is 0.294. The molecule has 0 aliphatic rings. The average molecular weight is 458 g/mol. The van der Waals surface area contributed by atoms with Crippen molar-refractivity contribution in [3.8, 4) is 0 Å². The van der Waals surface area contributed by atoms with Crippen molar-refractivity contribution < 1.29 is 51.8 Å². The summed E-state index contributed by atoms with van der Waals surface area (Å²) in [7, 11) is 2.22. The fraction of sp³-hybridized carbons (Fsp3) is 1.00. The summed E-state index contributed by atoms with van der Waals surface area (Å²) in [4.78, 5) is 9.00. The Hall–Kier alpha value is -0.675. The summed E-state index contributed by atoms with van der Waals surface area (Å²) in [5.74, 6) is 0. The number of hydrogen-bond donors (Lipinski definition) is 0. The summed E-state index contributed by atoms with van der Waals surface area (Å²) in [6.45, 7) is -0.889. The average Bonchev–Trinajstić information content (AvgIpc) is 2.33. The highest BCUT2D eigenvalue weighted by Gasteiger charge is 2.34. The van der Waals surface area contributed by atoms with E-state index in [1.165, 1.54) is 0 Å². The van der Waals surface area contributed by atoms with Gasteiger partial charge in [-0.1, -0.05) is 0 Å². The van der Waals surface area contributed by atoms with Crippen LogP contribution in [0, 0.1) is 0 Å². The van der Waals surface area contributed by atoms with Gasteiger partial charge in [0.1, 0.15) is 0 Å².